The van der Waals surface area contributed by atoms with Gasteiger partial charge in [-0.05, 0) is 31.9 Å². The van der Waals surface area contributed by atoms with Crippen LogP contribution in [-0.4, -0.2) is 28.5 Å². The van der Waals surface area contributed by atoms with Crippen LogP contribution in [-0.2, 0) is 16.0 Å². The van der Waals surface area contributed by atoms with E-state index in [2.05, 4.69) is 10.3 Å². The van der Waals surface area contributed by atoms with Gasteiger partial charge in [0.05, 0.1) is 5.41 Å². The molecule has 0 saturated heterocycles. The third-order valence-electron chi connectivity index (χ3n) is 3.31. The van der Waals surface area contributed by atoms with Gasteiger partial charge in [-0.1, -0.05) is 13.0 Å². The summed E-state index contributed by atoms with van der Waals surface area (Å²) in [5.41, 5.74) is -0.0464. The number of carbonyl (C=O) groups is 2. The maximum atomic E-state index is 11.7. The zero-order valence-corrected chi connectivity index (χ0v) is 11.3. The van der Waals surface area contributed by atoms with Crippen LogP contribution in [0.2, 0.25) is 0 Å². The molecule has 0 radical (unpaired) electrons. The molecule has 1 rings (SSSR count). The van der Waals surface area contributed by atoms with Gasteiger partial charge in [0.2, 0.25) is 5.91 Å². The molecule has 0 aromatic carbocycles. The number of rotatable bonds is 7. The van der Waals surface area contributed by atoms with E-state index in [1.54, 1.807) is 20.0 Å². The van der Waals surface area contributed by atoms with Gasteiger partial charge >= 0.3 is 5.97 Å². The molecule has 1 atom stereocenters. The molecule has 5 nitrogen and oxygen atoms in total. The average molecular weight is 264 g/mol. The number of pyridine rings is 1. The highest BCUT2D eigenvalue weighted by molar-refractivity contribution is 5.78. The SMILES string of the molecule is CCC(C)(CNC(=O)CCc1ccccn1)C(=O)O. The Morgan fingerprint density at radius 3 is 2.68 bits per heavy atom. The number of hydrogen-bond donors (Lipinski definition) is 2. The summed E-state index contributed by atoms with van der Waals surface area (Å²) in [5, 5.41) is 11.8. The number of hydrogen-bond acceptors (Lipinski definition) is 3. The Hall–Kier alpha value is -1.91. The predicted octanol–water partition coefficient (Wildman–Crippen LogP) is 1.63. The summed E-state index contributed by atoms with van der Waals surface area (Å²) in [6, 6.07) is 5.56. The number of nitrogens with zero attached hydrogens (tertiary/aromatic N) is 1. The van der Waals surface area contributed by atoms with E-state index in [4.69, 9.17) is 5.11 Å². The van der Waals surface area contributed by atoms with Crippen LogP contribution >= 0.6 is 0 Å². The van der Waals surface area contributed by atoms with Crippen LogP contribution in [0.15, 0.2) is 24.4 Å². The monoisotopic (exact) mass is 264 g/mol. The van der Waals surface area contributed by atoms with Crippen LogP contribution in [0.4, 0.5) is 0 Å². The number of carboxylic acids is 1. The summed E-state index contributed by atoms with van der Waals surface area (Å²) in [6.07, 6.45) is 3.04. The lowest BCUT2D eigenvalue weighted by atomic mass is 9.87. The van der Waals surface area contributed by atoms with Crippen LogP contribution in [0.1, 0.15) is 32.4 Å². The third kappa shape index (κ3) is 4.69. The van der Waals surface area contributed by atoms with Crippen molar-refractivity contribution in [1.29, 1.82) is 0 Å². The first-order chi connectivity index (χ1) is 8.98. The second kappa shape index (κ2) is 6.87. The highest BCUT2D eigenvalue weighted by Gasteiger charge is 2.31. The maximum Gasteiger partial charge on any atom is 0.311 e. The van der Waals surface area contributed by atoms with Crippen LogP contribution in [0.25, 0.3) is 0 Å². The predicted molar refractivity (Wildman–Crippen MR) is 71.6 cm³/mol. The Labute approximate surface area is 113 Å². The highest BCUT2D eigenvalue weighted by Crippen LogP contribution is 2.19. The standard InChI is InChI=1S/C14H20N2O3/c1-3-14(2,13(18)19)10-16-12(17)8-7-11-6-4-5-9-15-11/h4-6,9H,3,7-8,10H2,1-2H3,(H,16,17)(H,18,19). The van der Waals surface area contributed by atoms with Crippen LogP contribution in [0.5, 0.6) is 0 Å². The highest BCUT2D eigenvalue weighted by atomic mass is 16.4. The van der Waals surface area contributed by atoms with Crippen LogP contribution in [0.3, 0.4) is 0 Å². The van der Waals surface area contributed by atoms with E-state index in [0.717, 1.165) is 5.69 Å². The smallest absolute Gasteiger partial charge is 0.311 e. The fourth-order valence-electron chi connectivity index (χ4n) is 1.52. The molecule has 104 valence electrons. The minimum absolute atomic E-state index is 0.147. The molecule has 0 fully saturated rings. The second-order valence-electron chi connectivity index (χ2n) is 4.82. The first-order valence-corrected chi connectivity index (χ1v) is 6.38. The fraction of sp³-hybridized carbons (Fsp3) is 0.500. The van der Waals surface area contributed by atoms with Gasteiger partial charge in [0.15, 0.2) is 0 Å². The van der Waals surface area contributed by atoms with E-state index in [-0.39, 0.29) is 12.5 Å². The molecule has 0 aliphatic heterocycles. The van der Waals surface area contributed by atoms with Crippen molar-refractivity contribution in [2.24, 2.45) is 5.41 Å². The molecule has 1 aromatic heterocycles. The molecule has 0 bridgehead atoms. The largest absolute Gasteiger partial charge is 0.481 e. The van der Waals surface area contributed by atoms with Gasteiger partial charge in [-0.15, -0.1) is 0 Å². The second-order valence-corrected chi connectivity index (χ2v) is 4.82. The minimum Gasteiger partial charge on any atom is -0.481 e. The normalized spacial score (nSPS) is 13.6. The Bertz CT molecular complexity index is 434. The van der Waals surface area contributed by atoms with Crippen molar-refractivity contribution in [3.63, 3.8) is 0 Å². The van der Waals surface area contributed by atoms with Gasteiger partial charge in [-0.3, -0.25) is 14.6 Å². The first-order valence-electron chi connectivity index (χ1n) is 6.38. The van der Waals surface area contributed by atoms with Gasteiger partial charge in [0.25, 0.3) is 0 Å². The minimum atomic E-state index is -0.902. The molecule has 2 N–H and O–H groups in total. The lowest BCUT2D eigenvalue weighted by molar-refractivity contribution is -0.148. The van der Waals surface area contributed by atoms with Crippen molar-refractivity contribution >= 4 is 11.9 Å². The zero-order chi connectivity index (χ0) is 14.3. The fourth-order valence-corrected chi connectivity index (χ4v) is 1.52. The molecule has 19 heavy (non-hydrogen) atoms. The number of aromatic nitrogens is 1. The lowest BCUT2D eigenvalue weighted by Gasteiger charge is -2.23. The van der Waals surface area contributed by atoms with Crippen LogP contribution < -0.4 is 5.32 Å². The summed E-state index contributed by atoms with van der Waals surface area (Å²) >= 11 is 0. The Balaban J connectivity index is 2.38. The van der Waals surface area contributed by atoms with E-state index in [1.807, 2.05) is 18.2 Å². The first kappa shape index (κ1) is 15.1. The van der Waals surface area contributed by atoms with E-state index in [9.17, 15) is 9.59 Å². The van der Waals surface area contributed by atoms with Gasteiger partial charge in [0.1, 0.15) is 0 Å². The van der Waals surface area contributed by atoms with Crippen molar-refractivity contribution < 1.29 is 14.7 Å². The molecule has 1 heterocycles. The van der Waals surface area contributed by atoms with E-state index in [0.29, 0.717) is 19.3 Å². The lowest BCUT2D eigenvalue weighted by Crippen LogP contribution is -2.40. The molecule has 1 aromatic rings. The molecular weight excluding hydrogens is 244 g/mol. The van der Waals surface area contributed by atoms with Gasteiger partial charge in [0, 0.05) is 24.9 Å². The van der Waals surface area contributed by atoms with Gasteiger partial charge in [-0.2, -0.15) is 0 Å². The maximum absolute atomic E-state index is 11.7. The Morgan fingerprint density at radius 2 is 2.16 bits per heavy atom. The zero-order valence-electron chi connectivity index (χ0n) is 11.3. The molecule has 0 saturated carbocycles. The molecule has 1 amide bonds. The Kier molecular flexibility index (Phi) is 5.48. The molecule has 5 heteroatoms. The average Bonchev–Trinajstić information content (AvgIpc) is 2.43. The summed E-state index contributed by atoms with van der Waals surface area (Å²) in [5.74, 6) is -1.04. The van der Waals surface area contributed by atoms with Gasteiger partial charge < -0.3 is 10.4 Å². The molecule has 0 aliphatic rings. The summed E-state index contributed by atoms with van der Waals surface area (Å²) < 4.78 is 0. The van der Waals surface area contributed by atoms with E-state index < -0.39 is 11.4 Å². The van der Waals surface area contributed by atoms with Crippen molar-refractivity contribution in [2.45, 2.75) is 33.1 Å². The number of aliphatic carboxylic acids is 1. The number of carboxylic acid groups (broad SMARTS) is 1. The van der Waals surface area contributed by atoms with Crippen molar-refractivity contribution in [3.05, 3.63) is 30.1 Å². The van der Waals surface area contributed by atoms with Crippen molar-refractivity contribution in [3.8, 4) is 0 Å². The van der Waals surface area contributed by atoms with Crippen molar-refractivity contribution in [2.75, 3.05) is 6.54 Å². The summed E-state index contributed by atoms with van der Waals surface area (Å²) in [7, 11) is 0. The number of nitrogens with one attached hydrogen (secondary N) is 1. The number of carbonyl (C=O) groups excluding carboxylic acids is 1. The number of amides is 1. The molecule has 0 spiro atoms. The summed E-state index contributed by atoms with van der Waals surface area (Å²) in [4.78, 5) is 26.9. The quantitative estimate of drug-likeness (QED) is 0.784. The van der Waals surface area contributed by atoms with Crippen molar-refractivity contribution in [1.82, 2.24) is 10.3 Å². The van der Waals surface area contributed by atoms with E-state index >= 15 is 0 Å². The van der Waals surface area contributed by atoms with Crippen LogP contribution in [0, 0.1) is 5.41 Å². The number of aryl methyl sites for hydroxylation is 1. The molecular formula is C14H20N2O3. The summed E-state index contributed by atoms with van der Waals surface area (Å²) in [6.45, 7) is 3.59. The molecule has 0 aliphatic carbocycles. The van der Waals surface area contributed by atoms with Gasteiger partial charge in [-0.25, -0.2) is 0 Å². The topological polar surface area (TPSA) is 79.3 Å². The van der Waals surface area contributed by atoms with E-state index in [1.165, 1.54) is 0 Å². The molecule has 1 unspecified atom stereocenters. The Morgan fingerprint density at radius 1 is 1.42 bits per heavy atom. The third-order valence-corrected chi connectivity index (χ3v) is 3.31.